The van der Waals surface area contributed by atoms with Crippen LogP contribution in [0.2, 0.25) is 0 Å². The van der Waals surface area contributed by atoms with E-state index in [-0.39, 0.29) is 30.8 Å². The summed E-state index contributed by atoms with van der Waals surface area (Å²) in [5.41, 5.74) is 0.978. The lowest BCUT2D eigenvalue weighted by atomic mass is 10.1. The molecule has 0 radical (unpaired) electrons. The third-order valence-electron chi connectivity index (χ3n) is 4.16. The molecule has 26 heavy (non-hydrogen) atoms. The Bertz CT molecular complexity index is 1060. The smallest absolute Gasteiger partial charge is 0.323 e. The summed E-state index contributed by atoms with van der Waals surface area (Å²) >= 11 is 0. The first-order chi connectivity index (χ1) is 12.4. The number of carboxylic acid groups (broad SMARTS) is 1. The Kier molecular flexibility index (Phi) is 4.79. The fourth-order valence-corrected chi connectivity index (χ4v) is 2.92. The van der Waals surface area contributed by atoms with Crippen LogP contribution in [0, 0.1) is 18.6 Å². The van der Waals surface area contributed by atoms with Crippen molar-refractivity contribution >= 4 is 16.9 Å². The summed E-state index contributed by atoms with van der Waals surface area (Å²) in [5, 5.41) is 9.53. The van der Waals surface area contributed by atoms with Crippen molar-refractivity contribution in [3.63, 3.8) is 0 Å². The van der Waals surface area contributed by atoms with Crippen LogP contribution >= 0.6 is 0 Å². The van der Waals surface area contributed by atoms with Gasteiger partial charge in [-0.1, -0.05) is 23.8 Å². The van der Waals surface area contributed by atoms with E-state index in [1.165, 1.54) is 16.7 Å². The van der Waals surface area contributed by atoms with Gasteiger partial charge in [-0.2, -0.15) is 4.98 Å². The van der Waals surface area contributed by atoms with E-state index in [1.54, 1.807) is 18.2 Å². The molecule has 1 N–H and O–H groups in total. The number of hydrogen-bond donors (Lipinski definition) is 1. The quantitative estimate of drug-likeness (QED) is 0.761. The van der Waals surface area contributed by atoms with Gasteiger partial charge in [0.1, 0.15) is 12.4 Å². The van der Waals surface area contributed by atoms with Crippen LogP contribution in [-0.2, 0) is 24.2 Å². The normalized spacial score (nSPS) is 11.0. The van der Waals surface area contributed by atoms with Gasteiger partial charge >= 0.3 is 5.97 Å². The van der Waals surface area contributed by atoms with Crippen LogP contribution in [0.15, 0.2) is 41.2 Å². The van der Waals surface area contributed by atoms with Gasteiger partial charge in [0.25, 0.3) is 5.56 Å². The molecule has 0 aliphatic carbocycles. The van der Waals surface area contributed by atoms with Gasteiger partial charge in [-0.25, -0.2) is 8.78 Å². The number of fused-ring (bicyclic) bond motifs is 1. The van der Waals surface area contributed by atoms with Gasteiger partial charge in [-0.15, -0.1) is 0 Å². The fourth-order valence-electron chi connectivity index (χ4n) is 2.92. The molecule has 5 nitrogen and oxygen atoms in total. The highest BCUT2D eigenvalue weighted by atomic mass is 19.2. The summed E-state index contributed by atoms with van der Waals surface area (Å²) in [6.45, 7) is 1.44. The molecule has 0 fully saturated rings. The van der Waals surface area contributed by atoms with Crippen LogP contribution in [0.4, 0.5) is 8.78 Å². The predicted molar refractivity (Wildman–Crippen MR) is 92.1 cm³/mol. The Labute approximate surface area is 147 Å². The lowest BCUT2D eigenvalue weighted by Gasteiger charge is -2.14. The van der Waals surface area contributed by atoms with Crippen LogP contribution in [-0.4, -0.2) is 20.6 Å². The zero-order valence-corrected chi connectivity index (χ0v) is 14.0. The summed E-state index contributed by atoms with van der Waals surface area (Å²) in [7, 11) is 0. The van der Waals surface area contributed by atoms with Crippen molar-refractivity contribution in [2.24, 2.45) is 0 Å². The molecule has 0 spiro atoms. The molecule has 0 bridgehead atoms. The van der Waals surface area contributed by atoms with Crippen molar-refractivity contribution in [1.82, 2.24) is 9.55 Å². The topological polar surface area (TPSA) is 72.2 Å². The van der Waals surface area contributed by atoms with Gasteiger partial charge < -0.3 is 9.67 Å². The van der Waals surface area contributed by atoms with E-state index in [1.807, 2.05) is 6.92 Å². The summed E-state index contributed by atoms with van der Waals surface area (Å²) in [4.78, 5) is 27.6. The van der Waals surface area contributed by atoms with Gasteiger partial charge in [0.15, 0.2) is 11.6 Å². The first-order valence-electron chi connectivity index (χ1n) is 8.01. The van der Waals surface area contributed by atoms with Gasteiger partial charge in [0.05, 0.1) is 10.9 Å². The van der Waals surface area contributed by atoms with Gasteiger partial charge in [0, 0.05) is 6.42 Å². The SMILES string of the molecule is Cc1ccc2c(c1)c(=O)nc(CCc1cccc(F)c1F)n2CC(=O)O. The maximum atomic E-state index is 13.8. The third-order valence-corrected chi connectivity index (χ3v) is 4.16. The van der Waals surface area contributed by atoms with Gasteiger partial charge in [-0.05, 0) is 37.1 Å². The highest BCUT2D eigenvalue weighted by Gasteiger charge is 2.15. The molecule has 3 aromatic rings. The number of carbonyl (C=O) groups is 1. The molecule has 1 heterocycles. The minimum absolute atomic E-state index is 0.0903. The molecular formula is C19H16F2N2O3. The summed E-state index contributed by atoms with van der Waals surface area (Å²) in [5.74, 6) is -2.77. The molecule has 0 unspecified atom stereocenters. The number of aliphatic carboxylic acids is 1. The van der Waals surface area contributed by atoms with E-state index in [2.05, 4.69) is 4.98 Å². The summed E-state index contributed by atoms with van der Waals surface area (Å²) in [6, 6.07) is 8.96. The standard InChI is InChI=1S/C19H16F2N2O3/c1-11-5-7-15-13(9-11)19(26)22-16(23(15)10-17(24)25)8-6-12-3-2-4-14(20)18(12)21/h2-5,7,9H,6,8,10H2,1H3,(H,24,25). The second kappa shape index (κ2) is 7.03. The lowest BCUT2D eigenvalue weighted by Crippen LogP contribution is -2.22. The van der Waals surface area contributed by atoms with Crippen LogP contribution in [0.5, 0.6) is 0 Å². The average Bonchev–Trinajstić information content (AvgIpc) is 2.59. The molecule has 0 atom stereocenters. The van der Waals surface area contributed by atoms with E-state index < -0.39 is 23.2 Å². The third kappa shape index (κ3) is 3.46. The number of aromatic nitrogens is 2. The van der Waals surface area contributed by atoms with Crippen LogP contribution in [0.3, 0.4) is 0 Å². The summed E-state index contributed by atoms with van der Waals surface area (Å²) in [6.07, 6.45) is 0.194. The Balaban J connectivity index is 2.06. The number of rotatable bonds is 5. The van der Waals surface area contributed by atoms with Crippen molar-refractivity contribution in [2.75, 3.05) is 0 Å². The van der Waals surface area contributed by atoms with E-state index in [0.717, 1.165) is 11.6 Å². The average molecular weight is 358 g/mol. The maximum Gasteiger partial charge on any atom is 0.323 e. The van der Waals surface area contributed by atoms with E-state index >= 15 is 0 Å². The maximum absolute atomic E-state index is 13.8. The van der Waals surface area contributed by atoms with Crippen molar-refractivity contribution in [1.29, 1.82) is 0 Å². The Hall–Kier alpha value is -3.09. The van der Waals surface area contributed by atoms with Crippen LogP contribution in [0.1, 0.15) is 17.0 Å². The number of hydrogen-bond acceptors (Lipinski definition) is 3. The largest absolute Gasteiger partial charge is 0.480 e. The number of nitrogens with zero attached hydrogens (tertiary/aromatic N) is 2. The minimum Gasteiger partial charge on any atom is -0.480 e. The summed E-state index contributed by atoms with van der Waals surface area (Å²) < 4.78 is 28.6. The molecule has 134 valence electrons. The zero-order chi connectivity index (χ0) is 18.8. The van der Waals surface area contributed by atoms with Crippen molar-refractivity contribution in [3.05, 3.63) is 75.3 Å². The zero-order valence-electron chi connectivity index (χ0n) is 14.0. The van der Waals surface area contributed by atoms with E-state index in [0.29, 0.717) is 10.9 Å². The van der Waals surface area contributed by atoms with Crippen molar-refractivity contribution < 1.29 is 18.7 Å². The highest BCUT2D eigenvalue weighted by Crippen LogP contribution is 2.17. The number of benzene rings is 2. The van der Waals surface area contributed by atoms with Gasteiger partial charge in [-0.3, -0.25) is 9.59 Å². The van der Waals surface area contributed by atoms with E-state index in [9.17, 15) is 23.5 Å². The molecule has 0 saturated carbocycles. The molecule has 3 rings (SSSR count). The highest BCUT2D eigenvalue weighted by molar-refractivity contribution is 5.80. The molecular weight excluding hydrogens is 342 g/mol. The van der Waals surface area contributed by atoms with Crippen LogP contribution in [0.25, 0.3) is 10.9 Å². The van der Waals surface area contributed by atoms with Crippen molar-refractivity contribution in [2.45, 2.75) is 26.3 Å². The van der Waals surface area contributed by atoms with Crippen LogP contribution < -0.4 is 5.56 Å². The minimum atomic E-state index is -1.09. The first kappa shape index (κ1) is 17.7. The van der Waals surface area contributed by atoms with Crippen molar-refractivity contribution in [3.8, 4) is 0 Å². The Morgan fingerprint density at radius 2 is 1.96 bits per heavy atom. The molecule has 7 heteroatoms. The number of carboxylic acids is 1. The molecule has 0 amide bonds. The lowest BCUT2D eigenvalue weighted by molar-refractivity contribution is -0.137. The Morgan fingerprint density at radius 3 is 2.69 bits per heavy atom. The first-order valence-corrected chi connectivity index (χ1v) is 8.01. The van der Waals surface area contributed by atoms with Gasteiger partial charge in [0.2, 0.25) is 0 Å². The molecule has 0 saturated heterocycles. The van der Waals surface area contributed by atoms with E-state index in [4.69, 9.17) is 0 Å². The second-order valence-corrected chi connectivity index (χ2v) is 6.05. The molecule has 1 aromatic heterocycles. The molecule has 0 aliphatic rings. The number of halogens is 2. The number of aryl methyl sites for hydroxylation is 3. The second-order valence-electron chi connectivity index (χ2n) is 6.05. The monoisotopic (exact) mass is 358 g/mol. The Morgan fingerprint density at radius 1 is 1.19 bits per heavy atom. The molecule has 2 aromatic carbocycles. The fraction of sp³-hybridized carbons (Fsp3) is 0.211. The predicted octanol–water partition coefficient (Wildman–Crippen LogP) is 2.85. The molecule has 0 aliphatic heterocycles.